The molecule has 2 heterocycles. The number of ketones is 1. The standard InChI is InChI=1S/C30H33N3O3/c1-20-9-8-12-25(21(20)2)31-13-15-32(16-14-31)28(35)27-23-17-30(3,4)18-26(34)24(23)19-33(29(27)36)22-10-6-5-7-11-22/h5-12,19H,13-18H2,1-4H3. The summed E-state index contributed by atoms with van der Waals surface area (Å²) in [5.74, 6) is -0.285. The first-order chi connectivity index (χ1) is 17.2. The van der Waals surface area contributed by atoms with Crippen LogP contribution >= 0.6 is 0 Å². The van der Waals surface area contributed by atoms with E-state index in [9.17, 15) is 14.4 Å². The molecule has 5 rings (SSSR count). The number of fused-ring (bicyclic) bond motifs is 1. The number of amides is 1. The second-order valence-electron chi connectivity index (χ2n) is 10.8. The zero-order valence-electron chi connectivity index (χ0n) is 21.5. The highest BCUT2D eigenvalue weighted by Gasteiger charge is 2.37. The number of anilines is 1. The van der Waals surface area contributed by atoms with E-state index < -0.39 is 0 Å². The van der Waals surface area contributed by atoms with Crippen LogP contribution in [0.1, 0.15) is 57.7 Å². The minimum absolute atomic E-state index is 0.0141. The van der Waals surface area contributed by atoms with Gasteiger partial charge in [-0.1, -0.05) is 44.2 Å². The number of nitrogens with zero attached hydrogens (tertiary/aromatic N) is 3. The van der Waals surface area contributed by atoms with Crippen molar-refractivity contribution in [3.63, 3.8) is 0 Å². The molecular weight excluding hydrogens is 450 g/mol. The Labute approximate surface area is 212 Å². The summed E-state index contributed by atoms with van der Waals surface area (Å²) in [6.45, 7) is 10.7. The van der Waals surface area contributed by atoms with Crippen molar-refractivity contribution in [1.82, 2.24) is 9.47 Å². The molecule has 186 valence electrons. The minimum atomic E-state index is -0.354. The van der Waals surface area contributed by atoms with E-state index in [1.165, 1.54) is 21.4 Å². The van der Waals surface area contributed by atoms with Crippen LogP contribution in [0.4, 0.5) is 5.69 Å². The van der Waals surface area contributed by atoms with Gasteiger partial charge in [0.15, 0.2) is 5.78 Å². The Morgan fingerprint density at radius 2 is 1.56 bits per heavy atom. The van der Waals surface area contributed by atoms with Gasteiger partial charge in [-0.15, -0.1) is 0 Å². The van der Waals surface area contributed by atoms with Crippen molar-refractivity contribution in [1.29, 1.82) is 0 Å². The molecule has 1 aromatic heterocycles. The summed E-state index contributed by atoms with van der Waals surface area (Å²) >= 11 is 0. The number of rotatable bonds is 3. The number of Topliss-reactive ketones (excluding diaryl/α,β-unsaturated/α-hetero) is 1. The smallest absolute Gasteiger partial charge is 0.268 e. The summed E-state index contributed by atoms with van der Waals surface area (Å²) in [6, 6.07) is 15.5. The number of para-hydroxylation sites is 1. The van der Waals surface area contributed by atoms with Crippen molar-refractivity contribution in [2.24, 2.45) is 5.41 Å². The van der Waals surface area contributed by atoms with Crippen molar-refractivity contribution in [2.75, 3.05) is 31.1 Å². The number of carbonyl (C=O) groups is 2. The maximum Gasteiger partial charge on any atom is 0.268 e. The van der Waals surface area contributed by atoms with E-state index in [2.05, 4.69) is 36.9 Å². The molecule has 36 heavy (non-hydrogen) atoms. The highest BCUT2D eigenvalue weighted by Crippen LogP contribution is 2.36. The van der Waals surface area contributed by atoms with Crippen LogP contribution in [0, 0.1) is 19.3 Å². The second-order valence-corrected chi connectivity index (χ2v) is 10.8. The first-order valence-electron chi connectivity index (χ1n) is 12.6. The lowest BCUT2D eigenvalue weighted by molar-refractivity contribution is 0.0742. The molecule has 0 radical (unpaired) electrons. The first kappa shape index (κ1) is 24.0. The van der Waals surface area contributed by atoms with Crippen LogP contribution in [0.15, 0.2) is 59.5 Å². The topological polar surface area (TPSA) is 62.6 Å². The SMILES string of the molecule is Cc1cccc(N2CCN(C(=O)c3c4c(cn(-c5ccccc5)c3=O)C(=O)CC(C)(C)C4)CC2)c1C. The van der Waals surface area contributed by atoms with Crippen molar-refractivity contribution < 1.29 is 9.59 Å². The van der Waals surface area contributed by atoms with Crippen molar-refractivity contribution in [3.8, 4) is 5.69 Å². The molecule has 6 heteroatoms. The molecule has 0 atom stereocenters. The van der Waals surface area contributed by atoms with Gasteiger partial charge >= 0.3 is 0 Å². The van der Waals surface area contributed by atoms with Gasteiger partial charge < -0.3 is 9.80 Å². The summed E-state index contributed by atoms with van der Waals surface area (Å²) in [5, 5.41) is 0. The fourth-order valence-corrected chi connectivity index (χ4v) is 5.53. The van der Waals surface area contributed by atoms with Crippen LogP contribution in [0.3, 0.4) is 0 Å². The van der Waals surface area contributed by atoms with E-state index in [1.807, 2.05) is 44.2 Å². The summed E-state index contributed by atoms with van der Waals surface area (Å²) in [4.78, 5) is 45.0. The van der Waals surface area contributed by atoms with E-state index in [1.54, 1.807) is 11.1 Å². The Morgan fingerprint density at radius 3 is 2.25 bits per heavy atom. The highest BCUT2D eigenvalue weighted by molar-refractivity contribution is 6.04. The fourth-order valence-electron chi connectivity index (χ4n) is 5.53. The number of hydrogen-bond acceptors (Lipinski definition) is 4. The molecule has 3 aromatic rings. The zero-order chi connectivity index (χ0) is 25.6. The van der Waals surface area contributed by atoms with Crippen LogP contribution in [-0.2, 0) is 6.42 Å². The molecule has 1 amide bonds. The second kappa shape index (κ2) is 9.08. The van der Waals surface area contributed by atoms with Gasteiger partial charge in [0.2, 0.25) is 0 Å². The van der Waals surface area contributed by atoms with E-state index >= 15 is 0 Å². The molecule has 2 aliphatic rings. The Bertz CT molecular complexity index is 1400. The van der Waals surface area contributed by atoms with E-state index in [0.717, 1.165) is 0 Å². The third-order valence-corrected chi connectivity index (χ3v) is 7.64. The molecule has 1 fully saturated rings. The molecule has 1 aliphatic heterocycles. The fraction of sp³-hybridized carbons (Fsp3) is 0.367. The summed E-state index contributed by atoms with van der Waals surface area (Å²) in [7, 11) is 0. The van der Waals surface area contributed by atoms with Crippen LogP contribution in [0.2, 0.25) is 0 Å². The molecule has 1 aliphatic carbocycles. The number of aryl methyl sites for hydroxylation is 1. The average molecular weight is 484 g/mol. The Hall–Kier alpha value is -3.67. The summed E-state index contributed by atoms with van der Waals surface area (Å²) < 4.78 is 1.47. The van der Waals surface area contributed by atoms with E-state index in [-0.39, 0.29) is 28.2 Å². The van der Waals surface area contributed by atoms with Gasteiger partial charge in [0.25, 0.3) is 11.5 Å². The Kier molecular flexibility index (Phi) is 6.07. The molecule has 1 saturated heterocycles. The number of carbonyl (C=O) groups excluding carboxylic acids is 2. The molecule has 0 spiro atoms. The predicted octanol–water partition coefficient (Wildman–Crippen LogP) is 4.57. The largest absolute Gasteiger partial charge is 0.368 e. The lowest BCUT2D eigenvalue weighted by Gasteiger charge is -2.38. The van der Waals surface area contributed by atoms with Gasteiger partial charge in [0.1, 0.15) is 5.56 Å². The Morgan fingerprint density at radius 1 is 0.861 bits per heavy atom. The molecule has 2 aromatic carbocycles. The van der Waals surface area contributed by atoms with Crippen molar-refractivity contribution in [2.45, 2.75) is 40.5 Å². The van der Waals surface area contributed by atoms with Crippen molar-refractivity contribution in [3.05, 3.63) is 92.9 Å². The third kappa shape index (κ3) is 4.25. The van der Waals surface area contributed by atoms with Gasteiger partial charge in [-0.25, -0.2) is 0 Å². The van der Waals surface area contributed by atoms with Gasteiger partial charge in [-0.05, 0) is 60.6 Å². The summed E-state index contributed by atoms with van der Waals surface area (Å²) in [6.07, 6.45) is 2.57. The lowest BCUT2D eigenvalue weighted by Crippen LogP contribution is -2.50. The number of hydrogen-bond donors (Lipinski definition) is 0. The summed E-state index contributed by atoms with van der Waals surface area (Å²) in [5.41, 5.74) is 4.94. The maximum absolute atomic E-state index is 13.9. The molecule has 6 nitrogen and oxygen atoms in total. The van der Waals surface area contributed by atoms with Gasteiger partial charge in [0, 0.05) is 55.7 Å². The van der Waals surface area contributed by atoms with E-state index in [0.29, 0.717) is 55.8 Å². The van der Waals surface area contributed by atoms with E-state index in [4.69, 9.17) is 0 Å². The molecular formula is C30H33N3O3. The van der Waals surface area contributed by atoms with Crippen LogP contribution in [0.25, 0.3) is 5.69 Å². The zero-order valence-corrected chi connectivity index (χ0v) is 21.5. The first-order valence-corrected chi connectivity index (χ1v) is 12.6. The molecule has 0 unspecified atom stereocenters. The predicted molar refractivity (Wildman–Crippen MR) is 143 cm³/mol. The number of pyridine rings is 1. The number of aromatic nitrogens is 1. The van der Waals surface area contributed by atoms with Crippen LogP contribution < -0.4 is 10.5 Å². The number of piperazine rings is 1. The third-order valence-electron chi connectivity index (χ3n) is 7.64. The number of benzene rings is 2. The van der Waals surface area contributed by atoms with Gasteiger partial charge in [-0.3, -0.25) is 19.0 Å². The molecule has 0 N–H and O–H groups in total. The Balaban J connectivity index is 1.52. The molecule has 0 bridgehead atoms. The minimum Gasteiger partial charge on any atom is -0.368 e. The quantitative estimate of drug-likeness (QED) is 0.548. The van der Waals surface area contributed by atoms with Gasteiger partial charge in [-0.2, -0.15) is 0 Å². The van der Waals surface area contributed by atoms with Crippen LogP contribution in [0.5, 0.6) is 0 Å². The van der Waals surface area contributed by atoms with Crippen molar-refractivity contribution >= 4 is 17.4 Å². The molecule has 0 saturated carbocycles. The average Bonchev–Trinajstić information content (AvgIpc) is 2.85. The van der Waals surface area contributed by atoms with Crippen LogP contribution in [-0.4, -0.2) is 47.3 Å². The normalized spacial score (nSPS) is 17.2. The lowest BCUT2D eigenvalue weighted by atomic mass is 9.73. The van der Waals surface area contributed by atoms with Gasteiger partial charge in [0.05, 0.1) is 0 Å². The monoisotopic (exact) mass is 483 g/mol. The highest BCUT2D eigenvalue weighted by atomic mass is 16.2. The maximum atomic E-state index is 13.9.